The van der Waals surface area contributed by atoms with Gasteiger partial charge in [0.05, 0.1) is 4.90 Å². The minimum atomic E-state index is -5.08. The molecule has 8 nitrogen and oxygen atoms in total. The first kappa shape index (κ1) is 28.9. The second kappa shape index (κ2) is 12.9. The summed E-state index contributed by atoms with van der Waals surface area (Å²) in [7, 11) is -3.60. The number of nitrogens with zero attached hydrogens (tertiary/aromatic N) is 2. The highest BCUT2D eigenvalue weighted by Crippen LogP contribution is 2.21. The van der Waals surface area contributed by atoms with E-state index in [-0.39, 0.29) is 18.9 Å². The van der Waals surface area contributed by atoms with Gasteiger partial charge < -0.3 is 15.3 Å². The van der Waals surface area contributed by atoms with Crippen LogP contribution in [0.5, 0.6) is 0 Å². The van der Waals surface area contributed by atoms with Gasteiger partial charge in [-0.25, -0.2) is 13.2 Å². The van der Waals surface area contributed by atoms with E-state index in [4.69, 9.17) is 9.90 Å². The minimum Gasteiger partial charge on any atom is -0.475 e. The molecule has 0 unspecified atom stereocenters. The highest BCUT2D eigenvalue weighted by atomic mass is 32.2. The number of halogens is 3. The third-order valence-electron chi connectivity index (χ3n) is 4.95. The van der Waals surface area contributed by atoms with Crippen molar-refractivity contribution in [2.75, 3.05) is 39.3 Å². The fourth-order valence-corrected chi connectivity index (χ4v) is 4.71. The van der Waals surface area contributed by atoms with Crippen molar-refractivity contribution >= 4 is 21.9 Å². The van der Waals surface area contributed by atoms with Crippen molar-refractivity contribution in [2.24, 2.45) is 5.92 Å². The molecule has 188 valence electrons. The number of alkyl halides is 3. The molecule has 33 heavy (non-hydrogen) atoms. The van der Waals surface area contributed by atoms with Gasteiger partial charge in [0.15, 0.2) is 0 Å². The lowest BCUT2D eigenvalue weighted by molar-refractivity contribution is -0.192. The van der Waals surface area contributed by atoms with Gasteiger partial charge in [-0.3, -0.25) is 4.79 Å². The molecule has 0 bridgehead atoms. The highest BCUT2D eigenvalue weighted by Gasteiger charge is 2.38. The molecule has 0 radical (unpaired) electrons. The number of nitrogens with one attached hydrogen (secondary N) is 1. The number of sulfonamides is 1. The molecule has 1 aliphatic heterocycles. The largest absolute Gasteiger partial charge is 0.490 e. The van der Waals surface area contributed by atoms with Gasteiger partial charge in [-0.1, -0.05) is 32.0 Å². The Hall–Kier alpha value is -2.18. The normalized spacial score (nSPS) is 14.7. The maximum absolute atomic E-state index is 13.1. The van der Waals surface area contributed by atoms with Gasteiger partial charge in [-0.05, 0) is 30.9 Å². The summed E-state index contributed by atoms with van der Waals surface area (Å²) < 4.78 is 59.5. The number of carbonyl (C=O) groups excluding carboxylic acids is 1. The molecule has 1 aromatic carbocycles. The van der Waals surface area contributed by atoms with E-state index in [1.807, 2.05) is 11.0 Å². The lowest BCUT2D eigenvalue weighted by Gasteiger charge is -2.29. The molecule has 1 amide bonds. The second-order valence-corrected chi connectivity index (χ2v) is 9.94. The quantitative estimate of drug-likeness (QED) is 0.574. The predicted molar refractivity (Wildman–Crippen MR) is 117 cm³/mol. The molecule has 1 aromatic rings. The van der Waals surface area contributed by atoms with E-state index < -0.39 is 22.2 Å². The molecule has 1 fully saturated rings. The SMILES string of the molecule is Cc1ccccc1S(=O)(=O)N(CCC(=O)N1CCNCC1)CCC(C)C.O=C(O)C(F)(F)F. The lowest BCUT2D eigenvalue weighted by atomic mass is 10.1. The van der Waals surface area contributed by atoms with Crippen LogP contribution in [0.1, 0.15) is 32.3 Å². The molecule has 0 saturated carbocycles. The second-order valence-electron chi connectivity index (χ2n) is 8.04. The molecule has 1 heterocycles. The molecule has 1 saturated heterocycles. The van der Waals surface area contributed by atoms with E-state index in [1.165, 1.54) is 4.31 Å². The van der Waals surface area contributed by atoms with Crippen LogP contribution in [-0.2, 0) is 19.6 Å². The van der Waals surface area contributed by atoms with Crippen LogP contribution >= 0.6 is 0 Å². The number of hydrogen-bond donors (Lipinski definition) is 2. The van der Waals surface area contributed by atoms with Crippen LogP contribution in [-0.4, -0.2) is 80.1 Å². The summed E-state index contributed by atoms with van der Waals surface area (Å²) in [5, 5.41) is 10.3. The molecular formula is C21H32F3N3O5S. The van der Waals surface area contributed by atoms with Crippen molar-refractivity contribution in [3.63, 3.8) is 0 Å². The number of amides is 1. The van der Waals surface area contributed by atoms with Gasteiger partial charge in [-0.2, -0.15) is 17.5 Å². The summed E-state index contributed by atoms with van der Waals surface area (Å²) >= 11 is 0. The standard InChI is InChI=1S/C19H31N3O3S.C2HF3O2/c1-16(2)8-12-22(13-9-19(23)21-14-10-20-11-15-21)26(24,25)18-7-5-4-6-17(18)3;3-2(4,5)1(6)7/h4-7,16,20H,8-15H2,1-3H3;(H,6,7). The van der Waals surface area contributed by atoms with Crippen LogP contribution < -0.4 is 5.32 Å². The summed E-state index contributed by atoms with van der Waals surface area (Å²) in [6, 6.07) is 7.03. The maximum Gasteiger partial charge on any atom is 0.490 e. The van der Waals surface area contributed by atoms with E-state index in [2.05, 4.69) is 19.2 Å². The first-order valence-corrected chi connectivity index (χ1v) is 12.0. The van der Waals surface area contributed by atoms with Gasteiger partial charge in [0.25, 0.3) is 0 Å². The summed E-state index contributed by atoms with van der Waals surface area (Å²) in [4.78, 5) is 23.5. The monoisotopic (exact) mass is 495 g/mol. The minimum absolute atomic E-state index is 0.0287. The van der Waals surface area contributed by atoms with Gasteiger partial charge in [0.1, 0.15) is 0 Å². The number of aryl methyl sites for hydroxylation is 1. The molecule has 1 aliphatic rings. The van der Waals surface area contributed by atoms with Crippen molar-refractivity contribution in [3.05, 3.63) is 29.8 Å². The number of rotatable bonds is 8. The van der Waals surface area contributed by atoms with E-state index in [0.29, 0.717) is 30.4 Å². The lowest BCUT2D eigenvalue weighted by Crippen LogP contribution is -2.47. The van der Waals surface area contributed by atoms with Gasteiger partial charge in [0.2, 0.25) is 15.9 Å². The van der Waals surface area contributed by atoms with Crippen LogP contribution in [0.25, 0.3) is 0 Å². The Morgan fingerprint density at radius 1 is 1.15 bits per heavy atom. The van der Waals surface area contributed by atoms with Gasteiger partial charge >= 0.3 is 12.1 Å². The molecule has 12 heteroatoms. The molecule has 0 spiro atoms. The zero-order chi connectivity index (χ0) is 25.2. The molecule has 0 aromatic heterocycles. The van der Waals surface area contributed by atoms with Gasteiger partial charge in [0, 0.05) is 45.7 Å². The Morgan fingerprint density at radius 3 is 2.18 bits per heavy atom. The Kier molecular flexibility index (Phi) is 11.3. The zero-order valence-corrected chi connectivity index (χ0v) is 19.9. The Bertz CT molecular complexity index is 885. The Labute approximate surface area is 192 Å². The van der Waals surface area contributed by atoms with Crippen LogP contribution in [0.15, 0.2) is 29.2 Å². The molecule has 0 atom stereocenters. The zero-order valence-electron chi connectivity index (χ0n) is 19.1. The average Bonchev–Trinajstić information content (AvgIpc) is 2.73. The van der Waals surface area contributed by atoms with E-state index in [9.17, 15) is 26.4 Å². The third kappa shape index (κ3) is 9.68. The van der Waals surface area contributed by atoms with Crippen molar-refractivity contribution in [1.29, 1.82) is 0 Å². The number of carbonyl (C=O) groups is 2. The van der Waals surface area contributed by atoms with E-state index >= 15 is 0 Å². The summed E-state index contributed by atoms with van der Waals surface area (Å²) in [5.74, 6) is -2.33. The van der Waals surface area contributed by atoms with Crippen LogP contribution in [0, 0.1) is 12.8 Å². The van der Waals surface area contributed by atoms with Crippen molar-refractivity contribution in [2.45, 2.75) is 44.7 Å². The smallest absolute Gasteiger partial charge is 0.475 e. The predicted octanol–water partition coefficient (Wildman–Crippen LogP) is 2.49. The van der Waals surface area contributed by atoms with E-state index in [1.54, 1.807) is 25.1 Å². The van der Waals surface area contributed by atoms with Crippen LogP contribution in [0.3, 0.4) is 0 Å². The topological polar surface area (TPSA) is 107 Å². The number of benzene rings is 1. The summed E-state index contributed by atoms with van der Waals surface area (Å²) in [6.07, 6.45) is -4.09. The number of aliphatic carboxylic acids is 1. The Morgan fingerprint density at radius 2 is 1.70 bits per heavy atom. The molecule has 2 rings (SSSR count). The molecule has 2 N–H and O–H groups in total. The fourth-order valence-electron chi connectivity index (χ4n) is 3.03. The van der Waals surface area contributed by atoms with Crippen molar-refractivity contribution in [3.8, 4) is 0 Å². The van der Waals surface area contributed by atoms with Crippen LogP contribution in [0.2, 0.25) is 0 Å². The number of carboxylic acid groups (broad SMARTS) is 1. The fraction of sp³-hybridized carbons (Fsp3) is 0.619. The van der Waals surface area contributed by atoms with Gasteiger partial charge in [-0.15, -0.1) is 0 Å². The molecule has 0 aliphatic carbocycles. The van der Waals surface area contributed by atoms with Crippen molar-refractivity contribution < 1.29 is 36.3 Å². The first-order chi connectivity index (χ1) is 15.3. The Balaban J connectivity index is 0.000000675. The average molecular weight is 496 g/mol. The third-order valence-corrected chi connectivity index (χ3v) is 7.01. The summed E-state index contributed by atoms with van der Waals surface area (Å²) in [6.45, 7) is 9.59. The van der Waals surface area contributed by atoms with Crippen LogP contribution in [0.4, 0.5) is 13.2 Å². The maximum atomic E-state index is 13.1. The van der Waals surface area contributed by atoms with E-state index in [0.717, 1.165) is 25.1 Å². The molecular weight excluding hydrogens is 463 g/mol. The first-order valence-electron chi connectivity index (χ1n) is 10.6. The highest BCUT2D eigenvalue weighted by molar-refractivity contribution is 7.89. The number of hydrogen-bond acceptors (Lipinski definition) is 5. The number of carboxylic acids is 1. The number of piperazine rings is 1. The summed E-state index contributed by atoms with van der Waals surface area (Å²) in [5.41, 5.74) is 0.732. The van der Waals surface area contributed by atoms with Crippen molar-refractivity contribution in [1.82, 2.24) is 14.5 Å².